The van der Waals surface area contributed by atoms with Crippen LogP contribution in [-0.4, -0.2) is 44.7 Å². The molecule has 152 valence electrons. The van der Waals surface area contributed by atoms with Crippen LogP contribution in [0, 0.1) is 5.92 Å². The van der Waals surface area contributed by atoms with Crippen molar-refractivity contribution in [2.75, 3.05) is 48.0 Å². The third kappa shape index (κ3) is 4.43. The second-order valence-electron chi connectivity index (χ2n) is 7.56. The fourth-order valence-electron chi connectivity index (χ4n) is 3.90. The molecule has 2 aromatic carbocycles. The maximum absolute atomic E-state index is 12.7. The van der Waals surface area contributed by atoms with Gasteiger partial charge in [0, 0.05) is 43.1 Å². The highest BCUT2D eigenvalue weighted by atomic mass is 16.5. The van der Waals surface area contributed by atoms with Gasteiger partial charge >= 0.3 is 0 Å². The highest BCUT2D eigenvalue weighted by Gasteiger charge is 2.35. The van der Waals surface area contributed by atoms with Crippen molar-refractivity contribution >= 4 is 28.9 Å². The molecule has 0 saturated carbocycles. The minimum Gasteiger partial charge on any atom is -0.378 e. The van der Waals surface area contributed by atoms with Crippen LogP contribution >= 0.6 is 0 Å². The summed E-state index contributed by atoms with van der Waals surface area (Å²) in [6.07, 6.45) is 1.16. The van der Waals surface area contributed by atoms with Gasteiger partial charge in [0.15, 0.2) is 0 Å². The molecule has 2 aliphatic rings. The van der Waals surface area contributed by atoms with Gasteiger partial charge in [0.2, 0.25) is 11.8 Å². The molecule has 2 heterocycles. The van der Waals surface area contributed by atoms with E-state index >= 15 is 0 Å². The second-order valence-corrected chi connectivity index (χ2v) is 7.56. The first-order valence-electron chi connectivity index (χ1n) is 10.3. The number of amides is 2. The normalized spacial score (nSPS) is 19.5. The number of ether oxygens (including phenoxy) is 1. The molecule has 2 fully saturated rings. The van der Waals surface area contributed by atoms with Gasteiger partial charge in [0.25, 0.3) is 0 Å². The van der Waals surface area contributed by atoms with Crippen LogP contribution in [0.25, 0.3) is 0 Å². The van der Waals surface area contributed by atoms with Crippen molar-refractivity contribution in [3.8, 4) is 0 Å². The fraction of sp³-hybridized carbons (Fsp3) is 0.391. The van der Waals surface area contributed by atoms with E-state index < -0.39 is 0 Å². The average Bonchev–Trinajstić information content (AvgIpc) is 3.17. The summed E-state index contributed by atoms with van der Waals surface area (Å²) in [6.45, 7) is 5.75. The molecule has 2 saturated heterocycles. The minimum atomic E-state index is -0.341. The smallest absolute Gasteiger partial charge is 0.229 e. The molecule has 4 rings (SSSR count). The summed E-state index contributed by atoms with van der Waals surface area (Å²) < 4.78 is 5.39. The molecule has 0 aromatic heterocycles. The van der Waals surface area contributed by atoms with Crippen molar-refractivity contribution < 1.29 is 14.3 Å². The Kier molecular flexibility index (Phi) is 5.81. The van der Waals surface area contributed by atoms with Crippen molar-refractivity contribution in [3.05, 3.63) is 54.1 Å². The van der Waals surface area contributed by atoms with Crippen LogP contribution < -0.4 is 15.1 Å². The number of nitrogens with one attached hydrogen (secondary N) is 1. The predicted octanol–water partition coefficient (Wildman–Crippen LogP) is 3.08. The number of hydrogen-bond donors (Lipinski definition) is 1. The van der Waals surface area contributed by atoms with E-state index in [1.807, 2.05) is 42.5 Å². The van der Waals surface area contributed by atoms with Crippen LogP contribution in [0.2, 0.25) is 0 Å². The van der Waals surface area contributed by atoms with Gasteiger partial charge in [-0.25, -0.2) is 0 Å². The van der Waals surface area contributed by atoms with Crippen molar-refractivity contribution in [3.63, 3.8) is 0 Å². The van der Waals surface area contributed by atoms with Crippen LogP contribution in [0.3, 0.4) is 0 Å². The Morgan fingerprint density at radius 2 is 1.86 bits per heavy atom. The molecule has 6 nitrogen and oxygen atoms in total. The molecule has 2 amide bonds. The lowest BCUT2D eigenvalue weighted by Gasteiger charge is -2.28. The van der Waals surface area contributed by atoms with Gasteiger partial charge in [0.05, 0.1) is 19.1 Å². The molecule has 1 atom stereocenters. The number of carbonyl (C=O) groups is 2. The topological polar surface area (TPSA) is 61.9 Å². The summed E-state index contributed by atoms with van der Waals surface area (Å²) >= 11 is 0. The first kappa shape index (κ1) is 19.5. The summed E-state index contributed by atoms with van der Waals surface area (Å²) in [5.41, 5.74) is 3.94. The van der Waals surface area contributed by atoms with E-state index in [1.165, 1.54) is 5.56 Å². The third-order valence-electron chi connectivity index (χ3n) is 5.64. The molecule has 6 heteroatoms. The van der Waals surface area contributed by atoms with E-state index in [-0.39, 0.29) is 24.2 Å². The summed E-state index contributed by atoms with van der Waals surface area (Å²) in [5, 5.41) is 2.97. The molecule has 1 N–H and O–H groups in total. The Morgan fingerprint density at radius 3 is 2.59 bits per heavy atom. The molecule has 0 aliphatic carbocycles. The van der Waals surface area contributed by atoms with E-state index in [9.17, 15) is 9.59 Å². The van der Waals surface area contributed by atoms with Crippen LogP contribution in [0.5, 0.6) is 0 Å². The number of benzene rings is 2. The Hall–Kier alpha value is -2.86. The van der Waals surface area contributed by atoms with Crippen LogP contribution in [0.1, 0.15) is 18.9 Å². The van der Waals surface area contributed by atoms with Crippen molar-refractivity contribution in [2.45, 2.75) is 19.8 Å². The SMILES string of the molecule is CCc1cccc(N2C[C@@H](C(=O)Nc3ccc(N4CCOCC4)cc3)CC2=O)c1. The summed E-state index contributed by atoms with van der Waals surface area (Å²) in [4.78, 5) is 29.2. The monoisotopic (exact) mass is 393 g/mol. The van der Waals surface area contributed by atoms with Gasteiger partial charge in [-0.2, -0.15) is 0 Å². The Bertz CT molecular complexity index is 875. The van der Waals surface area contributed by atoms with Gasteiger partial charge < -0.3 is 19.9 Å². The van der Waals surface area contributed by atoms with Crippen molar-refractivity contribution in [2.24, 2.45) is 5.92 Å². The highest BCUT2D eigenvalue weighted by molar-refractivity contribution is 6.03. The lowest BCUT2D eigenvalue weighted by molar-refractivity contribution is -0.122. The molecular weight excluding hydrogens is 366 g/mol. The largest absolute Gasteiger partial charge is 0.378 e. The number of morpholine rings is 1. The molecule has 0 spiro atoms. The average molecular weight is 393 g/mol. The highest BCUT2D eigenvalue weighted by Crippen LogP contribution is 2.27. The summed E-state index contributed by atoms with van der Waals surface area (Å²) in [5.74, 6) is -0.445. The summed E-state index contributed by atoms with van der Waals surface area (Å²) in [6, 6.07) is 15.8. The molecule has 2 aliphatic heterocycles. The lowest BCUT2D eigenvalue weighted by atomic mass is 10.1. The summed E-state index contributed by atoms with van der Waals surface area (Å²) in [7, 11) is 0. The van der Waals surface area contributed by atoms with Gasteiger partial charge in [-0.15, -0.1) is 0 Å². The molecule has 0 bridgehead atoms. The third-order valence-corrected chi connectivity index (χ3v) is 5.64. The zero-order valence-electron chi connectivity index (χ0n) is 16.8. The zero-order chi connectivity index (χ0) is 20.2. The maximum Gasteiger partial charge on any atom is 0.229 e. The number of hydrogen-bond acceptors (Lipinski definition) is 4. The molecular formula is C23H27N3O3. The first-order valence-corrected chi connectivity index (χ1v) is 10.3. The minimum absolute atomic E-state index is 0.000989. The van der Waals surface area contributed by atoms with Gasteiger partial charge in [-0.1, -0.05) is 19.1 Å². The standard InChI is InChI=1S/C23H27N3O3/c1-2-17-4-3-5-21(14-17)26-16-18(15-22(26)27)23(28)24-19-6-8-20(9-7-19)25-10-12-29-13-11-25/h3-9,14,18H,2,10-13,15-16H2,1H3,(H,24,28)/t18-/m0/s1. The Morgan fingerprint density at radius 1 is 1.10 bits per heavy atom. The van der Waals surface area contributed by atoms with E-state index in [2.05, 4.69) is 23.2 Å². The van der Waals surface area contributed by atoms with Crippen LogP contribution in [-0.2, 0) is 20.7 Å². The van der Waals surface area contributed by atoms with Gasteiger partial charge in [0.1, 0.15) is 0 Å². The van der Waals surface area contributed by atoms with E-state index in [4.69, 9.17) is 4.74 Å². The quantitative estimate of drug-likeness (QED) is 0.848. The Balaban J connectivity index is 1.38. The zero-order valence-corrected chi connectivity index (χ0v) is 16.8. The van der Waals surface area contributed by atoms with E-state index in [1.54, 1.807) is 4.90 Å². The Labute approximate surface area is 171 Å². The van der Waals surface area contributed by atoms with Gasteiger partial charge in [-0.3, -0.25) is 9.59 Å². The molecule has 0 radical (unpaired) electrons. The van der Waals surface area contributed by atoms with E-state index in [0.717, 1.165) is 49.8 Å². The van der Waals surface area contributed by atoms with Crippen molar-refractivity contribution in [1.82, 2.24) is 0 Å². The number of nitrogens with zero attached hydrogens (tertiary/aromatic N) is 2. The van der Waals surface area contributed by atoms with Gasteiger partial charge in [-0.05, 0) is 48.4 Å². The predicted molar refractivity (Wildman–Crippen MR) is 114 cm³/mol. The first-order chi connectivity index (χ1) is 14.1. The number of aryl methyl sites for hydroxylation is 1. The number of rotatable bonds is 5. The molecule has 0 unspecified atom stereocenters. The van der Waals surface area contributed by atoms with E-state index in [0.29, 0.717) is 6.54 Å². The van der Waals surface area contributed by atoms with Crippen LogP contribution in [0.15, 0.2) is 48.5 Å². The number of anilines is 3. The second kappa shape index (κ2) is 8.66. The molecule has 2 aromatic rings. The van der Waals surface area contributed by atoms with Crippen molar-refractivity contribution in [1.29, 1.82) is 0 Å². The van der Waals surface area contributed by atoms with Crippen LogP contribution in [0.4, 0.5) is 17.1 Å². The number of carbonyl (C=O) groups excluding carboxylic acids is 2. The molecule has 29 heavy (non-hydrogen) atoms. The fourth-order valence-corrected chi connectivity index (χ4v) is 3.90. The lowest BCUT2D eigenvalue weighted by Crippen LogP contribution is -2.36. The maximum atomic E-state index is 12.7.